The molecule has 0 atom stereocenters. The van der Waals surface area contributed by atoms with Crippen molar-refractivity contribution in [1.29, 1.82) is 0 Å². The summed E-state index contributed by atoms with van der Waals surface area (Å²) in [5.74, 6) is 0.398. The lowest BCUT2D eigenvalue weighted by atomic mass is 10.2. The van der Waals surface area contributed by atoms with E-state index >= 15 is 0 Å². The van der Waals surface area contributed by atoms with Crippen molar-refractivity contribution in [2.45, 2.75) is 25.3 Å². The topological polar surface area (TPSA) is 88.6 Å². The molecule has 0 aliphatic heterocycles. The fraction of sp³-hybridized carbons (Fsp3) is 0.238. The van der Waals surface area contributed by atoms with Crippen LogP contribution in [-0.2, 0) is 16.6 Å². The number of nitrogens with zero attached hydrogens (tertiary/aromatic N) is 2. The molecule has 1 amide bonds. The van der Waals surface area contributed by atoms with Gasteiger partial charge < -0.3 is 10.1 Å². The number of aromatic nitrogens is 1. The fourth-order valence-electron chi connectivity index (χ4n) is 2.81. The van der Waals surface area contributed by atoms with Gasteiger partial charge in [0.25, 0.3) is 11.1 Å². The summed E-state index contributed by atoms with van der Waals surface area (Å²) < 4.78 is 32.0. The highest BCUT2D eigenvalue weighted by molar-refractivity contribution is 7.89. The normalized spacial score (nSPS) is 11.4. The molecule has 1 heterocycles. The smallest absolute Gasteiger partial charge is 0.278 e. The molecule has 0 saturated carbocycles. The summed E-state index contributed by atoms with van der Waals surface area (Å²) in [4.78, 5) is 16.6. The Morgan fingerprint density at radius 3 is 2.30 bits per heavy atom. The molecule has 9 heteroatoms. The molecule has 0 radical (unpaired) electrons. The van der Waals surface area contributed by atoms with E-state index in [9.17, 15) is 13.2 Å². The van der Waals surface area contributed by atoms with Crippen LogP contribution in [0.2, 0.25) is 0 Å². The standard InChI is InChI=1S/C21H23N3O4S2/c1-3-24(4-2)30(26,27)19-11-7-17(8-12-19)20(25)23-15-16-5-9-18(10-6-16)28-21-22-13-14-29-21/h5-14H,3-4,15H2,1-2H3,(H,23,25). The molecular formula is C21H23N3O4S2. The highest BCUT2D eigenvalue weighted by Gasteiger charge is 2.21. The van der Waals surface area contributed by atoms with E-state index in [2.05, 4.69) is 10.3 Å². The van der Waals surface area contributed by atoms with Gasteiger partial charge in [0.05, 0.1) is 4.90 Å². The van der Waals surface area contributed by atoms with Gasteiger partial charge in [-0.2, -0.15) is 4.31 Å². The molecule has 0 unspecified atom stereocenters. The van der Waals surface area contributed by atoms with E-state index < -0.39 is 10.0 Å². The SMILES string of the molecule is CCN(CC)S(=O)(=O)c1ccc(C(=O)NCc2ccc(Oc3nccs3)cc2)cc1. The average Bonchev–Trinajstić information content (AvgIpc) is 3.27. The summed E-state index contributed by atoms with van der Waals surface area (Å²) in [5.41, 5.74) is 1.31. The molecule has 0 fully saturated rings. The Hall–Kier alpha value is -2.75. The van der Waals surface area contributed by atoms with E-state index in [0.29, 0.717) is 36.1 Å². The van der Waals surface area contributed by atoms with Crippen LogP contribution < -0.4 is 10.1 Å². The Balaban J connectivity index is 1.58. The van der Waals surface area contributed by atoms with Crippen LogP contribution >= 0.6 is 11.3 Å². The van der Waals surface area contributed by atoms with E-state index in [4.69, 9.17) is 4.74 Å². The first-order chi connectivity index (χ1) is 14.4. The largest absolute Gasteiger partial charge is 0.431 e. The maximum atomic E-state index is 12.5. The number of benzene rings is 2. The second kappa shape index (κ2) is 9.84. The Kier molecular flexibility index (Phi) is 7.20. The fourth-order valence-corrected chi connectivity index (χ4v) is 4.77. The summed E-state index contributed by atoms with van der Waals surface area (Å²) >= 11 is 1.41. The third-order valence-corrected chi connectivity index (χ3v) is 7.16. The first-order valence-corrected chi connectivity index (χ1v) is 11.8. The predicted octanol–water partition coefficient (Wildman–Crippen LogP) is 3.90. The van der Waals surface area contributed by atoms with Gasteiger partial charge in [0.1, 0.15) is 5.75 Å². The van der Waals surface area contributed by atoms with E-state index in [-0.39, 0.29) is 10.8 Å². The molecule has 0 bridgehead atoms. The lowest BCUT2D eigenvalue weighted by Gasteiger charge is -2.18. The predicted molar refractivity (Wildman–Crippen MR) is 116 cm³/mol. The number of carbonyl (C=O) groups is 1. The van der Waals surface area contributed by atoms with Crippen molar-refractivity contribution in [2.24, 2.45) is 0 Å². The Morgan fingerprint density at radius 2 is 1.73 bits per heavy atom. The molecule has 0 saturated heterocycles. The first kappa shape index (κ1) is 21.9. The highest BCUT2D eigenvalue weighted by atomic mass is 32.2. The Labute approximate surface area is 180 Å². The summed E-state index contributed by atoms with van der Waals surface area (Å²) in [5, 5.41) is 5.24. The van der Waals surface area contributed by atoms with E-state index in [0.717, 1.165) is 5.56 Å². The van der Waals surface area contributed by atoms with Crippen LogP contribution in [0.1, 0.15) is 29.8 Å². The maximum Gasteiger partial charge on any atom is 0.278 e. The van der Waals surface area contributed by atoms with Crippen LogP contribution in [0.5, 0.6) is 10.9 Å². The van der Waals surface area contributed by atoms with Crippen LogP contribution in [0.4, 0.5) is 0 Å². The van der Waals surface area contributed by atoms with Crippen LogP contribution in [-0.4, -0.2) is 36.7 Å². The van der Waals surface area contributed by atoms with Crippen molar-refractivity contribution in [2.75, 3.05) is 13.1 Å². The molecule has 1 aromatic heterocycles. The number of amides is 1. The van der Waals surface area contributed by atoms with Crippen LogP contribution in [0.15, 0.2) is 65.0 Å². The zero-order chi connectivity index (χ0) is 21.6. The van der Waals surface area contributed by atoms with Gasteiger partial charge in [-0.1, -0.05) is 37.3 Å². The Morgan fingerprint density at radius 1 is 1.07 bits per heavy atom. The van der Waals surface area contributed by atoms with Crippen LogP contribution in [0, 0.1) is 0 Å². The molecule has 2 aromatic carbocycles. The summed E-state index contributed by atoms with van der Waals surface area (Å²) in [6.07, 6.45) is 1.68. The minimum absolute atomic E-state index is 0.179. The summed E-state index contributed by atoms with van der Waals surface area (Å²) in [6.45, 7) is 4.72. The number of rotatable bonds is 9. The van der Waals surface area contributed by atoms with Gasteiger partial charge >= 0.3 is 0 Å². The minimum Gasteiger partial charge on any atom is -0.431 e. The van der Waals surface area contributed by atoms with Crippen molar-refractivity contribution >= 4 is 27.3 Å². The molecule has 158 valence electrons. The summed E-state index contributed by atoms with van der Waals surface area (Å²) in [7, 11) is -3.54. The minimum atomic E-state index is -3.54. The Bertz CT molecular complexity index is 1060. The van der Waals surface area contributed by atoms with Crippen molar-refractivity contribution in [3.8, 4) is 10.9 Å². The quantitative estimate of drug-likeness (QED) is 0.540. The lowest BCUT2D eigenvalue weighted by molar-refractivity contribution is 0.0951. The van der Waals surface area contributed by atoms with Gasteiger partial charge in [-0.05, 0) is 42.0 Å². The number of ether oxygens (including phenoxy) is 1. The number of hydrogen-bond donors (Lipinski definition) is 1. The lowest BCUT2D eigenvalue weighted by Crippen LogP contribution is -2.30. The molecule has 0 aliphatic carbocycles. The molecule has 0 aliphatic rings. The maximum absolute atomic E-state index is 12.5. The highest BCUT2D eigenvalue weighted by Crippen LogP contribution is 2.23. The van der Waals surface area contributed by atoms with Crippen LogP contribution in [0.3, 0.4) is 0 Å². The summed E-state index contributed by atoms with van der Waals surface area (Å²) in [6, 6.07) is 13.3. The van der Waals surface area contributed by atoms with Gasteiger partial charge in [-0.3, -0.25) is 4.79 Å². The second-order valence-corrected chi connectivity index (χ2v) is 9.14. The number of nitrogens with one attached hydrogen (secondary N) is 1. The van der Waals surface area contributed by atoms with Gasteiger partial charge in [0.15, 0.2) is 0 Å². The second-order valence-electron chi connectivity index (χ2n) is 6.34. The molecule has 30 heavy (non-hydrogen) atoms. The average molecular weight is 446 g/mol. The monoisotopic (exact) mass is 445 g/mol. The third kappa shape index (κ3) is 5.24. The molecule has 7 nitrogen and oxygen atoms in total. The number of hydrogen-bond acceptors (Lipinski definition) is 6. The number of carbonyl (C=O) groups excluding carboxylic acids is 1. The van der Waals surface area contributed by atoms with E-state index in [1.807, 2.05) is 29.6 Å². The van der Waals surface area contributed by atoms with Gasteiger partial charge in [0.2, 0.25) is 10.0 Å². The van der Waals surface area contributed by atoms with Gasteiger partial charge in [0, 0.05) is 36.8 Å². The first-order valence-electron chi connectivity index (χ1n) is 9.48. The number of sulfonamides is 1. The van der Waals surface area contributed by atoms with Crippen molar-refractivity contribution in [3.63, 3.8) is 0 Å². The zero-order valence-corrected chi connectivity index (χ0v) is 18.4. The van der Waals surface area contributed by atoms with Gasteiger partial charge in [-0.25, -0.2) is 13.4 Å². The van der Waals surface area contributed by atoms with Crippen molar-refractivity contribution < 1.29 is 17.9 Å². The van der Waals surface area contributed by atoms with Crippen molar-refractivity contribution in [3.05, 3.63) is 71.2 Å². The molecule has 1 N–H and O–H groups in total. The van der Waals surface area contributed by atoms with E-state index in [1.165, 1.54) is 39.9 Å². The van der Waals surface area contributed by atoms with Crippen molar-refractivity contribution in [1.82, 2.24) is 14.6 Å². The number of thiazole rings is 1. The van der Waals surface area contributed by atoms with Crippen LogP contribution in [0.25, 0.3) is 0 Å². The molecule has 0 spiro atoms. The zero-order valence-electron chi connectivity index (χ0n) is 16.7. The molecule has 3 aromatic rings. The van der Waals surface area contributed by atoms with Gasteiger partial charge in [-0.15, -0.1) is 0 Å². The van der Waals surface area contributed by atoms with E-state index in [1.54, 1.807) is 20.0 Å². The molecular weight excluding hydrogens is 422 g/mol. The third-order valence-electron chi connectivity index (χ3n) is 4.45. The molecule has 3 rings (SSSR count).